The molecule has 3 aliphatic rings. The number of amides is 2. The summed E-state index contributed by atoms with van der Waals surface area (Å²) in [7, 11) is -4.20. The molecule has 3 saturated heterocycles. The number of carboxylic acid groups (broad SMARTS) is 1. The lowest BCUT2D eigenvalue weighted by molar-refractivity contribution is -0.312. The van der Waals surface area contributed by atoms with Gasteiger partial charge in [-0.2, -0.15) is 13.2 Å². The van der Waals surface area contributed by atoms with Crippen LogP contribution in [0, 0.1) is 0 Å². The molecule has 12 heteroatoms. The van der Waals surface area contributed by atoms with Gasteiger partial charge in [0.25, 0.3) is 0 Å². The largest absolute Gasteiger partial charge is 0.548 e. The topological polar surface area (TPSA) is 115 Å². The maximum absolute atomic E-state index is 12.7. The monoisotopic (exact) mass is 395 g/mol. The van der Waals surface area contributed by atoms with Gasteiger partial charge in [-0.3, -0.25) is 9.59 Å². The number of rotatable bonds is 3. The lowest BCUT2D eigenvalue weighted by Crippen LogP contribution is -2.60. The summed E-state index contributed by atoms with van der Waals surface area (Å²) in [6.07, 6.45) is -4.26. The molecule has 0 aromatic heterocycles. The minimum atomic E-state index is -4.61. The number of carboxylic acids is 1. The van der Waals surface area contributed by atoms with Crippen molar-refractivity contribution < 1.29 is 41.1 Å². The van der Waals surface area contributed by atoms with E-state index >= 15 is 0 Å². The van der Waals surface area contributed by atoms with Crippen molar-refractivity contribution in [2.75, 3.05) is 13.1 Å². The van der Waals surface area contributed by atoms with Gasteiger partial charge in [0, 0.05) is 12.1 Å². The summed E-state index contributed by atoms with van der Waals surface area (Å²) in [6.45, 7) is -0.701. The molecule has 0 radical (unpaired) electrons. The Morgan fingerprint density at radius 1 is 1.38 bits per heavy atom. The van der Waals surface area contributed by atoms with E-state index < -0.39 is 56.5 Å². The molecule has 3 rings (SSSR count). The van der Waals surface area contributed by atoms with E-state index in [2.05, 4.69) is 0 Å². The van der Waals surface area contributed by atoms with E-state index in [1.54, 1.807) is 0 Å². The quantitative estimate of drug-likeness (QED) is 0.428. The molecule has 26 heavy (non-hydrogen) atoms. The van der Waals surface area contributed by atoms with E-state index in [9.17, 15) is 41.1 Å². The van der Waals surface area contributed by atoms with Crippen molar-refractivity contribution in [3.63, 3.8) is 0 Å². The van der Waals surface area contributed by atoms with Crippen LogP contribution in [-0.2, 0) is 24.2 Å². The van der Waals surface area contributed by atoms with E-state index in [1.807, 2.05) is 0 Å². The second-order valence-corrected chi connectivity index (χ2v) is 9.19. The third-order valence-corrected chi connectivity index (χ3v) is 7.68. The highest BCUT2D eigenvalue weighted by molar-refractivity contribution is 7.94. The lowest BCUT2D eigenvalue weighted by Gasteiger charge is -2.38. The molecule has 3 heterocycles. The SMILES string of the molecule is C[C@]1(/C=C2/CCN(CC(F)(F)F)C2=O)[C@H](C(=O)[O-])N2C(=O)C[C@H]2S1(=O)=O. The molecule has 8 nitrogen and oxygen atoms in total. The highest BCUT2D eigenvalue weighted by atomic mass is 32.2. The van der Waals surface area contributed by atoms with Crippen LogP contribution in [0.25, 0.3) is 0 Å². The fourth-order valence-corrected chi connectivity index (χ4v) is 6.03. The van der Waals surface area contributed by atoms with Crippen molar-refractivity contribution in [1.82, 2.24) is 9.80 Å². The van der Waals surface area contributed by atoms with Gasteiger partial charge < -0.3 is 19.7 Å². The third kappa shape index (κ3) is 2.49. The Hall–Kier alpha value is -2.11. The second-order valence-electron chi connectivity index (χ2n) is 6.67. The molecule has 0 saturated carbocycles. The molecule has 3 fully saturated rings. The number of carbonyl (C=O) groups is 3. The van der Waals surface area contributed by atoms with Crippen LogP contribution in [-0.4, -0.2) is 71.4 Å². The van der Waals surface area contributed by atoms with Gasteiger partial charge in [0.05, 0.1) is 18.4 Å². The van der Waals surface area contributed by atoms with Crippen LogP contribution in [0.15, 0.2) is 11.6 Å². The molecule has 2 amide bonds. The summed E-state index contributed by atoms with van der Waals surface area (Å²) in [5.41, 5.74) is -0.221. The zero-order valence-corrected chi connectivity index (χ0v) is 14.3. The van der Waals surface area contributed by atoms with Crippen molar-refractivity contribution in [2.24, 2.45) is 0 Å². The molecule has 0 aromatic rings. The number of likely N-dealkylation sites (tertiary alicyclic amines) is 1. The van der Waals surface area contributed by atoms with E-state index in [4.69, 9.17) is 0 Å². The molecule has 3 atom stereocenters. The molecule has 144 valence electrons. The summed E-state index contributed by atoms with van der Waals surface area (Å²) in [6, 6.07) is -1.84. The maximum Gasteiger partial charge on any atom is 0.406 e. The number of carbonyl (C=O) groups excluding carboxylic acids is 3. The number of hydrogen-bond donors (Lipinski definition) is 0. The van der Waals surface area contributed by atoms with Gasteiger partial charge in [0.15, 0.2) is 9.84 Å². The normalized spacial score (nSPS) is 35.0. The average Bonchev–Trinajstić information content (AvgIpc) is 2.86. The first-order valence-corrected chi connectivity index (χ1v) is 9.17. The van der Waals surface area contributed by atoms with Crippen molar-refractivity contribution >= 4 is 27.6 Å². The van der Waals surface area contributed by atoms with Crippen LogP contribution in [0.3, 0.4) is 0 Å². The minimum absolute atomic E-state index is 0.154. The Morgan fingerprint density at radius 3 is 2.50 bits per heavy atom. The van der Waals surface area contributed by atoms with Crippen LogP contribution in [0.2, 0.25) is 0 Å². The van der Waals surface area contributed by atoms with Gasteiger partial charge >= 0.3 is 6.18 Å². The summed E-state index contributed by atoms with van der Waals surface area (Å²) in [5, 5.41) is 10.2. The number of hydrogen-bond acceptors (Lipinski definition) is 6. The van der Waals surface area contributed by atoms with Gasteiger partial charge in [-0.05, 0) is 13.3 Å². The van der Waals surface area contributed by atoms with Crippen molar-refractivity contribution in [1.29, 1.82) is 0 Å². The summed E-state index contributed by atoms with van der Waals surface area (Å²) >= 11 is 0. The molecule has 0 unspecified atom stereocenters. The van der Waals surface area contributed by atoms with Crippen molar-refractivity contribution in [2.45, 2.75) is 42.1 Å². The molecule has 0 N–H and O–H groups in total. The summed E-state index contributed by atoms with van der Waals surface area (Å²) in [4.78, 5) is 36.5. The van der Waals surface area contributed by atoms with E-state index in [-0.39, 0.29) is 25.0 Å². The van der Waals surface area contributed by atoms with Crippen molar-refractivity contribution in [3.8, 4) is 0 Å². The molecule has 0 aliphatic carbocycles. The second kappa shape index (κ2) is 5.44. The van der Waals surface area contributed by atoms with Crippen LogP contribution >= 0.6 is 0 Å². The Kier molecular flexibility index (Phi) is 3.91. The number of alkyl halides is 3. The van der Waals surface area contributed by atoms with Gasteiger partial charge in [-0.25, -0.2) is 8.42 Å². The molecule has 0 spiro atoms. The molecule has 3 aliphatic heterocycles. The first-order valence-electron chi connectivity index (χ1n) is 7.63. The number of nitrogens with zero attached hydrogens (tertiary/aromatic N) is 2. The number of β-lactam (4-membered cyclic amide) rings is 1. The highest BCUT2D eigenvalue weighted by Gasteiger charge is 2.67. The van der Waals surface area contributed by atoms with Gasteiger partial charge in [-0.15, -0.1) is 0 Å². The van der Waals surface area contributed by atoms with Crippen LogP contribution in [0.1, 0.15) is 19.8 Å². The number of sulfone groups is 1. The molecular formula is C14H14F3N2O6S-. The first kappa shape index (κ1) is 18.7. The Labute approximate surface area is 146 Å². The van der Waals surface area contributed by atoms with Crippen LogP contribution in [0.4, 0.5) is 13.2 Å². The standard InChI is InChI=1S/C14H15F3N2O6S/c1-13(5-7-2-3-18(11(7)21)6-14(15,16)17)10(12(22)23)19-8(20)4-9(19)26(13,24)25/h5,9-10H,2-4,6H2,1H3,(H,22,23)/p-1/b7-5-/t9-,10+,13+/m1/s1. The van der Waals surface area contributed by atoms with Gasteiger partial charge in [0.1, 0.15) is 16.7 Å². The summed E-state index contributed by atoms with van der Waals surface area (Å²) < 4.78 is 60.7. The minimum Gasteiger partial charge on any atom is -0.548 e. The average molecular weight is 395 g/mol. The number of halogens is 3. The van der Waals surface area contributed by atoms with Crippen LogP contribution in [0.5, 0.6) is 0 Å². The fourth-order valence-electron chi connectivity index (χ4n) is 3.72. The smallest absolute Gasteiger partial charge is 0.406 e. The van der Waals surface area contributed by atoms with E-state index in [1.165, 1.54) is 0 Å². The molecule has 0 aromatic carbocycles. The molecular weight excluding hydrogens is 381 g/mol. The van der Waals surface area contributed by atoms with E-state index in [0.29, 0.717) is 9.80 Å². The predicted octanol–water partition coefficient (Wildman–Crippen LogP) is -1.43. The highest BCUT2D eigenvalue weighted by Crippen LogP contribution is 2.47. The zero-order valence-electron chi connectivity index (χ0n) is 13.4. The Balaban J connectivity index is 1.99. The number of aliphatic carboxylic acids is 1. The van der Waals surface area contributed by atoms with Crippen LogP contribution < -0.4 is 5.11 Å². The predicted molar refractivity (Wildman–Crippen MR) is 76.7 cm³/mol. The van der Waals surface area contributed by atoms with Gasteiger partial charge in [0.2, 0.25) is 11.8 Å². The lowest BCUT2D eigenvalue weighted by atomic mass is 9.94. The third-order valence-electron chi connectivity index (χ3n) is 5.01. The van der Waals surface area contributed by atoms with Gasteiger partial charge in [-0.1, -0.05) is 6.08 Å². The fraction of sp³-hybridized carbons (Fsp3) is 0.643. The Bertz CT molecular complexity index is 836. The van der Waals surface area contributed by atoms with Crippen molar-refractivity contribution in [3.05, 3.63) is 11.6 Å². The number of fused-ring (bicyclic) bond motifs is 1. The van der Waals surface area contributed by atoms with E-state index in [0.717, 1.165) is 13.0 Å². The zero-order chi connectivity index (χ0) is 19.7. The maximum atomic E-state index is 12.7. The summed E-state index contributed by atoms with van der Waals surface area (Å²) in [5.74, 6) is -3.48. The first-order chi connectivity index (χ1) is 11.8. The Morgan fingerprint density at radius 2 is 2.00 bits per heavy atom. The molecule has 0 bridgehead atoms.